The van der Waals surface area contributed by atoms with Crippen molar-refractivity contribution in [1.29, 1.82) is 0 Å². The number of anilines is 1. The summed E-state index contributed by atoms with van der Waals surface area (Å²) in [5, 5.41) is 7.35. The van der Waals surface area contributed by atoms with Crippen molar-refractivity contribution >= 4 is 51.8 Å². The molecular weight excluding hydrogens is 460 g/mol. The number of aromatic nitrogens is 1. The molecule has 8 heteroatoms. The van der Waals surface area contributed by atoms with Gasteiger partial charge in [0.25, 0.3) is 5.91 Å². The molecule has 2 saturated heterocycles. The third-order valence-corrected chi connectivity index (χ3v) is 6.90. The number of rotatable bonds is 6. The molecule has 2 fully saturated rings. The summed E-state index contributed by atoms with van der Waals surface area (Å²) in [6.07, 6.45) is 5.83. The summed E-state index contributed by atoms with van der Waals surface area (Å²) in [5.41, 5.74) is 5.15. The molecule has 0 spiro atoms. The van der Waals surface area contributed by atoms with E-state index >= 15 is 0 Å². The Morgan fingerprint density at radius 1 is 1.23 bits per heavy atom. The Morgan fingerprint density at radius 3 is 2.83 bits per heavy atom. The van der Waals surface area contributed by atoms with E-state index < -0.39 is 0 Å². The van der Waals surface area contributed by atoms with E-state index in [-0.39, 0.29) is 24.5 Å². The molecule has 0 unspecified atom stereocenters. The second kappa shape index (κ2) is 9.64. The molecule has 7 nitrogen and oxygen atoms in total. The van der Waals surface area contributed by atoms with Gasteiger partial charge in [0.15, 0.2) is 5.11 Å². The highest BCUT2D eigenvalue weighted by molar-refractivity contribution is 7.80. The van der Waals surface area contributed by atoms with E-state index in [4.69, 9.17) is 17.0 Å². The van der Waals surface area contributed by atoms with E-state index in [1.54, 1.807) is 6.08 Å². The first-order valence-electron chi connectivity index (χ1n) is 11.8. The normalized spacial score (nSPS) is 19.1. The molecule has 1 aromatic heterocycles. The maximum Gasteiger partial charge on any atom is 0.281 e. The van der Waals surface area contributed by atoms with Crippen LogP contribution >= 0.6 is 12.2 Å². The van der Waals surface area contributed by atoms with Gasteiger partial charge in [-0.2, -0.15) is 0 Å². The van der Waals surface area contributed by atoms with Gasteiger partial charge in [0.2, 0.25) is 5.91 Å². The van der Waals surface area contributed by atoms with Crippen LogP contribution in [0.1, 0.15) is 29.5 Å². The van der Waals surface area contributed by atoms with Crippen LogP contribution in [0.2, 0.25) is 0 Å². The van der Waals surface area contributed by atoms with Crippen LogP contribution in [0.15, 0.2) is 54.4 Å². The van der Waals surface area contributed by atoms with Crippen molar-refractivity contribution < 1.29 is 14.3 Å². The summed E-state index contributed by atoms with van der Waals surface area (Å²) in [6.45, 7) is 5.52. The van der Waals surface area contributed by atoms with Crippen molar-refractivity contribution in [1.82, 2.24) is 15.2 Å². The Hall–Kier alpha value is -3.49. The average molecular weight is 489 g/mol. The summed E-state index contributed by atoms with van der Waals surface area (Å²) in [7, 11) is 0. The third-order valence-electron chi connectivity index (χ3n) is 6.61. The maximum absolute atomic E-state index is 13.3. The molecular formula is C27H28N4O3S. The highest BCUT2D eigenvalue weighted by Crippen LogP contribution is 2.27. The number of para-hydroxylation sites is 1. The summed E-state index contributed by atoms with van der Waals surface area (Å²) < 4.78 is 7.50. The van der Waals surface area contributed by atoms with Crippen molar-refractivity contribution in [3.8, 4) is 0 Å². The van der Waals surface area contributed by atoms with E-state index in [0.29, 0.717) is 17.4 Å². The Bertz CT molecular complexity index is 1350. The largest absolute Gasteiger partial charge is 0.376 e. The number of ether oxygens (including phenoxy) is 1. The smallest absolute Gasteiger partial charge is 0.281 e. The second-order valence-electron chi connectivity index (χ2n) is 9.07. The highest BCUT2D eigenvalue weighted by Gasteiger charge is 2.32. The van der Waals surface area contributed by atoms with Gasteiger partial charge in [0, 0.05) is 35.8 Å². The molecule has 180 valence electrons. The fourth-order valence-electron chi connectivity index (χ4n) is 4.55. The topological polar surface area (TPSA) is 75.6 Å². The Morgan fingerprint density at radius 2 is 2.06 bits per heavy atom. The number of fused-ring (bicyclic) bond motifs is 1. The molecule has 3 heterocycles. The van der Waals surface area contributed by atoms with E-state index in [1.165, 1.54) is 4.90 Å². The van der Waals surface area contributed by atoms with Crippen molar-refractivity contribution in [2.45, 2.75) is 39.3 Å². The van der Waals surface area contributed by atoms with E-state index in [9.17, 15) is 9.59 Å². The van der Waals surface area contributed by atoms with Gasteiger partial charge in [-0.25, -0.2) is 0 Å². The molecule has 1 atom stereocenters. The van der Waals surface area contributed by atoms with E-state index in [0.717, 1.165) is 52.7 Å². The lowest BCUT2D eigenvalue weighted by atomic mass is 10.1. The molecule has 35 heavy (non-hydrogen) atoms. The lowest BCUT2D eigenvalue weighted by Crippen LogP contribution is -2.34. The number of aryl methyl sites for hydroxylation is 2. The molecule has 5 rings (SSSR count). The zero-order valence-corrected chi connectivity index (χ0v) is 20.7. The molecule has 0 aliphatic carbocycles. The molecule has 2 aliphatic rings. The fourth-order valence-corrected chi connectivity index (χ4v) is 4.85. The minimum atomic E-state index is -0.204. The number of carbonyl (C=O) groups excluding carboxylic acids is 2. The zero-order valence-electron chi connectivity index (χ0n) is 19.8. The number of amides is 2. The first kappa shape index (κ1) is 23.3. The van der Waals surface area contributed by atoms with Crippen LogP contribution in [-0.4, -0.2) is 40.7 Å². The number of hydrogen-bond donors (Lipinski definition) is 2. The lowest BCUT2D eigenvalue weighted by Gasteiger charge is -2.15. The number of nitrogens with one attached hydrogen (secondary N) is 2. The predicted molar refractivity (Wildman–Crippen MR) is 141 cm³/mol. The Kier molecular flexibility index (Phi) is 6.40. The van der Waals surface area contributed by atoms with Gasteiger partial charge in [-0.1, -0.05) is 24.3 Å². The fraction of sp³-hybridized carbons (Fsp3) is 0.296. The minimum Gasteiger partial charge on any atom is -0.376 e. The Balaban J connectivity index is 1.39. The summed E-state index contributed by atoms with van der Waals surface area (Å²) in [6, 6.07) is 13.7. The number of nitrogens with zero attached hydrogens (tertiary/aromatic N) is 2. The molecule has 2 amide bonds. The predicted octanol–water partition coefficient (Wildman–Crippen LogP) is 3.82. The first-order valence-corrected chi connectivity index (χ1v) is 12.2. The standard InChI is InChI=1S/C27H28N4O3S/c1-17-9-10-20(12-18(17)2)31-26(33)23(29-27(31)35)13-19-15-30(24-8-4-3-7-22(19)24)16-25(32)28-14-21-6-5-11-34-21/h3-4,7-10,12-13,15,21H,5-6,11,14,16H2,1-2H3,(H,28,32)(H,29,35)/b23-13-/t21-/m0/s1. The van der Waals surface area contributed by atoms with Gasteiger partial charge in [-0.15, -0.1) is 0 Å². The van der Waals surface area contributed by atoms with Crippen LogP contribution < -0.4 is 15.5 Å². The van der Waals surface area contributed by atoms with Crippen LogP contribution in [0.25, 0.3) is 17.0 Å². The maximum atomic E-state index is 13.3. The monoisotopic (exact) mass is 488 g/mol. The van der Waals surface area contributed by atoms with Crippen LogP contribution in [0, 0.1) is 13.8 Å². The second-order valence-corrected chi connectivity index (χ2v) is 9.45. The van der Waals surface area contributed by atoms with E-state index in [2.05, 4.69) is 10.6 Å². The number of thiocarbonyl (C=S) groups is 1. The van der Waals surface area contributed by atoms with Crippen LogP contribution in [-0.2, 0) is 20.9 Å². The molecule has 0 radical (unpaired) electrons. The van der Waals surface area contributed by atoms with Crippen molar-refractivity contribution in [2.75, 3.05) is 18.1 Å². The summed E-state index contributed by atoms with van der Waals surface area (Å²) >= 11 is 5.49. The molecule has 2 aromatic carbocycles. The molecule has 2 aliphatic heterocycles. The van der Waals surface area contributed by atoms with E-state index in [1.807, 2.05) is 67.1 Å². The number of benzene rings is 2. The minimum absolute atomic E-state index is 0.0717. The van der Waals surface area contributed by atoms with Gasteiger partial charge in [-0.05, 0) is 74.3 Å². The van der Waals surface area contributed by atoms with Crippen LogP contribution in [0.5, 0.6) is 0 Å². The van der Waals surface area contributed by atoms with Gasteiger partial charge < -0.3 is 19.9 Å². The SMILES string of the molecule is Cc1ccc(N2C(=O)/C(=C/c3cn(CC(=O)NC[C@@H]4CCCO4)c4ccccc34)NC2=S)cc1C. The summed E-state index contributed by atoms with van der Waals surface area (Å²) in [5.74, 6) is -0.276. The first-order chi connectivity index (χ1) is 16.9. The molecule has 0 saturated carbocycles. The van der Waals surface area contributed by atoms with Gasteiger partial charge in [-0.3, -0.25) is 14.5 Å². The number of hydrogen-bond acceptors (Lipinski definition) is 4. The van der Waals surface area contributed by atoms with Crippen LogP contribution in [0.4, 0.5) is 5.69 Å². The molecule has 3 aromatic rings. The quantitative estimate of drug-likeness (QED) is 0.408. The Labute approximate surface area is 209 Å². The lowest BCUT2D eigenvalue weighted by molar-refractivity contribution is -0.122. The molecule has 0 bridgehead atoms. The van der Waals surface area contributed by atoms with Crippen molar-refractivity contribution in [2.24, 2.45) is 0 Å². The number of carbonyl (C=O) groups is 2. The average Bonchev–Trinajstić information content (AvgIpc) is 3.54. The van der Waals surface area contributed by atoms with Crippen LogP contribution in [0.3, 0.4) is 0 Å². The molecule has 2 N–H and O–H groups in total. The van der Waals surface area contributed by atoms with Crippen molar-refractivity contribution in [3.63, 3.8) is 0 Å². The zero-order chi connectivity index (χ0) is 24.5. The highest BCUT2D eigenvalue weighted by atomic mass is 32.1. The van der Waals surface area contributed by atoms with Gasteiger partial charge in [0.05, 0.1) is 11.8 Å². The summed E-state index contributed by atoms with van der Waals surface area (Å²) in [4.78, 5) is 27.4. The third kappa shape index (κ3) is 4.72. The van der Waals surface area contributed by atoms with Crippen molar-refractivity contribution in [3.05, 3.63) is 71.0 Å². The van der Waals surface area contributed by atoms with Gasteiger partial charge in [0.1, 0.15) is 12.2 Å². The van der Waals surface area contributed by atoms with Gasteiger partial charge >= 0.3 is 0 Å².